The summed E-state index contributed by atoms with van der Waals surface area (Å²) in [5.74, 6) is 2.20. The van der Waals surface area contributed by atoms with Crippen LogP contribution >= 0.6 is 27.3 Å². The van der Waals surface area contributed by atoms with Crippen molar-refractivity contribution in [1.82, 2.24) is 15.0 Å². The molecule has 1 fully saturated rings. The summed E-state index contributed by atoms with van der Waals surface area (Å²) in [6.07, 6.45) is 3.51. The van der Waals surface area contributed by atoms with Crippen molar-refractivity contribution in [3.63, 3.8) is 0 Å². The van der Waals surface area contributed by atoms with Gasteiger partial charge in [-0.3, -0.25) is 0 Å². The molecule has 2 heterocycles. The van der Waals surface area contributed by atoms with Gasteiger partial charge in [-0.2, -0.15) is 0 Å². The van der Waals surface area contributed by atoms with Gasteiger partial charge < -0.3 is 5.32 Å². The minimum Gasteiger partial charge on any atom is -0.369 e. The van der Waals surface area contributed by atoms with Gasteiger partial charge in [-0.15, -0.1) is 11.3 Å². The summed E-state index contributed by atoms with van der Waals surface area (Å²) in [5, 5.41) is 6.45. The van der Waals surface area contributed by atoms with Gasteiger partial charge in [-0.05, 0) is 42.1 Å². The topological polar surface area (TPSA) is 50.7 Å². The standard InChI is InChI=1S/C14H17BrN4S/c1-3-6-16-14-11(15)12(9-4-5-9)18-13(19-14)10-7-20-8(2)17-10/h7,9H,3-6H2,1-2H3,(H,16,18,19). The number of rotatable bonds is 5. The first-order valence-corrected chi connectivity index (χ1v) is 8.60. The number of aryl methyl sites for hydroxylation is 1. The molecule has 2 aromatic heterocycles. The number of nitrogens with zero attached hydrogens (tertiary/aromatic N) is 3. The predicted molar refractivity (Wildman–Crippen MR) is 86.3 cm³/mol. The summed E-state index contributed by atoms with van der Waals surface area (Å²) >= 11 is 5.29. The molecule has 0 spiro atoms. The molecular weight excluding hydrogens is 336 g/mol. The molecule has 1 N–H and O–H groups in total. The summed E-state index contributed by atoms with van der Waals surface area (Å²) in [6, 6.07) is 0. The molecule has 6 heteroatoms. The Kier molecular flexibility index (Phi) is 4.03. The fourth-order valence-electron chi connectivity index (χ4n) is 2.03. The Morgan fingerprint density at radius 2 is 2.15 bits per heavy atom. The third-order valence-electron chi connectivity index (χ3n) is 3.23. The van der Waals surface area contributed by atoms with E-state index in [1.54, 1.807) is 11.3 Å². The van der Waals surface area contributed by atoms with Crippen LogP contribution in [0.4, 0.5) is 5.82 Å². The number of halogens is 1. The van der Waals surface area contributed by atoms with Crippen molar-refractivity contribution in [1.29, 1.82) is 0 Å². The van der Waals surface area contributed by atoms with Crippen LogP contribution < -0.4 is 5.32 Å². The maximum absolute atomic E-state index is 4.73. The minimum absolute atomic E-state index is 0.577. The van der Waals surface area contributed by atoms with E-state index in [9.17, 15) is 0 Å². The maximum atomic E-state index is 4.73. The Labute approximate surface area is 131 Å². The van der Waals surface area contributed by atoms with Gasteiger partial charge in [0.25, 0.3) is 0 Å². The summed E-state index contributed by atoms with van der Waals surface area (Å²) in [6.45, 7) is 5.06. The molecule has 2 aromatic rings. The number of hydrogen-bond donors (Lipinski definition) is 1. The smallest absolute Gasteiger partial charge is 0.181 e. The molecule has 0 saturated heterocycles. The molecule has 0 amide bonds. The molecule has 20 heavy (non-hydrogen) atoms. The Bertz CT molecular complexity index is 622. The molecule has 1 saturated carbocycles. The van der Waals surface area contributed by atoms with E-state index in [1.807, 2.05) is 12.3 Å². The zero-order chi connectivity index (χ0) is 14.1. The van der Waals surface area contributed by atoms with E-state index in [0.717, 1.165) is 45.5 Å². The molecule has 0 unspecified atom stereocenters. The molecule has 0 atom stereocenters. The molecule has 1 aliphatic carbocycles. The van der Waals surface area contributed by atoms with Gasteiger partial charge >= 0.3 is 0 Å². The van der Waals surface area contributed by atoms with Crippen molar-refractivity contribution in [2.75, 3.05) is 11.9 Å². The molecule has 0 radical (unpaired) electrons. The van der Waals surface area contributed by atoms with Crippen LogP contribution in [0.3, 0.4) is 0 Å². The van der Waals surface area contributed by atoms with E-state index in [1.165, 1.54) is 12.8 Å². The van der Waals surface area contributed by atoms with Gasteiger partial charge in [0.05, 0.1) is 15.2 Å². The Hall–Kier alpha value is -1.01. The van der Waals surface area contributed by atoms with Gasteiger partial charge in [0.15, 0.2) is 5.82 Å². The second-order valence-corrected chi connectivity index (χ2v) is 6.90. The summed E-state index contributed by atoms with van der Waals surface area (Å²) in [5.41, 5.74) is 2.00. The van der Waals surface area contributed by atoms with Gasteiger partial charge in [0.1, 0.15) is 11.5 Å². The number of anilines is 1. The lowest BCUT2D eigenvalue weighted by Gasteiger charge is -2.11. The first kappa shape index (κ1) is 13.9. The Balaban J connectivity index is 2.03. The molecule has 4 nitrogen and oxygen atoms in total. The Morgan fingerprint density at radius 3 is 2.75 bits per heavy atom. The monoisotopic (exact) mass is 352 g/mol. The lowest BCUT2D eigenvalue weighted by atomic mass is 10.2. The van der Waals surface area contributed by atoms with Gasteiger partial charge in [0, 0.05) is 17.8 Å². The molecule has 0 aliphatic heterocycles. The summed E-state index contributed by atoms with van der Waals surface area (Å²) in [7, 11) is 0. The zero-order valence-corrected chi connectivity index (χ0v) is 14.0. The highest BCUT2D eigenvalue weighted by Gasteiger charge is 2.29. The molecule has 106 valence electrons. The fourth-order valence-corrected chi connectivity index (χ4v) is 3.27. The minimum atomic E-state index is 0.577. The first-order chi connectivity index (χ1) is 9.69. The summed E-state index contributed by atoms with van der Waals surface area (Å²) < 4.78 is 1.02. The molecule has 1 aliphatic rings. The quantitative estimate of drug-likeness (QED) is 0.867. The zero-order valence-electron chi connectivity index (χ0n) is 11.6. The maximum Gasteiger partial charge on any atom is 0.181 e. The van der Waals surface area contributed by atoms with Crippen LogP contribution in [0, 0.1) is 6.92 Å². The predicted octanol–water partition coefficient (Wildman–Crippen LogP) is 4.37. The van der Waals surface area contributed by atoms with E-state index in [0.29, 0.717) is 5.92 Å². The van der Waals surface area contributed by atoms with Crippen molar-refractivity contribution >= 4 is 33.1 Å². The molecule has 0 aromatic carbocycles. The van der Waals surface area contributed by atoms with Crippen molar-refractivity contribution in [2.45, 2.75) is 39.0 Å². The number of thiazole rings is 1. The van der Waals surface area contributed by atoms with Crippen LogP contribution in [-0.2, 0) is 0 Å². The lowest BCUT2D eigenvalue weighted by Crippen LogP contribution is -2.07. The third-order valence-corrected chi connectivity index (χ3v) is 4.79. The van der Waals surface area contributed by atoms with Crippen LogP contribution in [0.25, 0.3) is 11.5 Å². The van der Waals surface area contributed by atoms with Crippen LogP contribution in [0.1, 0.15) is 42.8 Å². The average Bonchev–Trinajstić information content (AvgIpc) is 3.19. The largest absolute Gasteiger partial charge is 0.369 e. The van der Waals surface area contributed by atoms with Gasteiger partial charge in [0.2, 0.25) is 0 Å². The van der Waals surface area contributed by atoms with E-state index in [4.69, 9.17) is 4.98 Å². The second-order valence-electron chi connectivity index (χ2n) is 5.05. The number of nitrogens with one attached hydrogen (secondary N) is 1. The first-order valence-electron chi connectivity index (χ1n) is 6.92. The third kappa shape index (κ3) is 2.86. The number of aromatic nitrogens is 3. The fraction of sp³-hybridized carbons (Fsp3) is 0.500. The van der Waals surface area contributed by atoms with E-state index >= 15 is 0 Å². The van der Waals surface area contributed by atoms with Crippen LogP contribution in [0.15, 0.2) is 9.85 Å². The normalized spacial score (nSPS) is 14.6. The summed E-state index contributed by atoms with van der Waals surface area (Å²) in [4.78, 5) is 13.9. The van der Waals surface area contributed by atoms with Crippen molar-refractivity contribution in [3.05, 3.63) is 20.6 Å². The SMILES string of the molecule is CCCNc1nc(-c2csc(C)n2)nc(C2CC2)c1Br. The second kappa shape index (κ2) is 5.77. The van der Waals surface area contributed by atoms with Crippen molar-refractivity contribution in [3.8, 4) is 11.5 Å². The highest BCUT2D eigenvalue weighted by molar-refractivity contribution is 9.10. The van der Waals surface area contributed by atoms with Crippen molar-refractivity contribution < 1.29 is 0 Å². The van der Waals surface area contributed by atoms with Crippen LogP contribution in [0.5, 0.6) is 0 Å². The van der Waals surface area contributed by atoms with Crippen molar-refractivity contribution in [2.24, 2.45) is 0 Å². The molecule has 0 bridgehead atoms. The average molecular weight is 353 g/mol. The highest BCUT2D eigenvalue weighted by Crippen LogP contribution is 2.44. The molecular formula is C14H17BrN4S. The van der Waals surface area contributed by atoms with Crippen LogP contribution in [0.2, 0.25) is 0 Å². The number of hydrogen-bond acceptors (Lipinski definition) is 5. The highest BCUT2D eigenvalue weighted by atomic mass is 79.9. The Morgan fingerprint density at radius 1 is 1.35 bits per heavy atom. The lowest BCUT2D eigenvalue weighted by molar-refractivity contribution is 0.937. The van der Waals surface area contributed by atoms with Gasteiger partial charge in [-0.25, -0.2) is 15.0 Å². The van der Waals surface area contributed by atoms with E-state index in [-0.39, 0.29) is 0 Å². The molecule has 3 rings (SSSR count). The van der Waals surface area contributed by atoms with E-state index < -0.39 is 0 Å². The van der Waals surface area contributed by atoms with E-state index in [2.05, 4.69) is 38.1 Å². The van der Waals surface area contributed by atoms with Gasteiger partial charge in [-0.1, -0.05) is 6.92 Å². The van der Waals surface area contributed by atoms with Crippen LogP contribution in [-0.4, -0.2) is 21.5 Å².